The van der Waals surface area contributed by atoms with Crippen LogP contribution in [0.4, 0.5) is 4.39 Å². The third-order valence-corrected chi connectivity index (χ3v) is 4.42. The lowest BCUT2D eigenvalue weighted by Gasteiger charge is -2.33. The number of para-hydroxylation sites is 1. The molecule has 0 aliphatic carbocycles. The van der Waals surface area contributed by atoms with Gasteiger partial charge in [-0.2, -0.15) is 0 Å². The highest BCUT2D eigenvalue weighted by Gasteiger charge is 2.28. The zero-order valence-corrected chi connectivity index (χ0v) is 13.6. The molecule has 126 valence electrons. The normalized spacial score (nSPS) is 17.6. The van der Waals surface area contributed by atoms with E-state index >= 15 is 0 Å². The Kier molecular flexibility index (Phi) is 4.15. The summed E-state index contributed by atoms with van der Waals surface area (Å²) in [7, 11) is 0. The van der Waals surface area contributed by atoms with Crippen LogP contribution in [0.5, 0.6) is 0 Å². The number of nitrogens with zero attached hydrogens (tertiary/aromatic N) is 2. The van der Waals surface area contributed by atoms with E-state index in [1.165, 1.54) is 6.07 Å². The van der Waals surface area contributed by atoms with Crippen LogP contribution in [-0.4, -0.2) is 35.5 Å². The van der Waals surface area contributed by atoms with Crippen molar-refractivity contribution in [1.29, 1.82) is 0 Å². The molecule has 4 rings (SSSR count). The largest absolute Gasteiger partial charge is 0.370 e. The van der Waals surface area contributed by atoms with Crippen molar-refractivity contribution in [2.75, 3.05) is 19.7 Å². The van der Waals surface area contributed by atoms with Crippen molar-refractivity contribution in [3.05, 3.63) is 77.7 Å². The average Bonchev–Trinajstić information content (AvgIpc) is 2.67. The molecular formula is C20H17FN2O2. The molecule has 0 saturated carbocycles. The number of pyridine rings is 1. The van der Waals surface area contributed by atoms with Gasteiger partial charge in [-0.05, 0) is 18.2 Å². The molecule has 25 heavy (non-hydrogen) atoms. The van der Waals surface area contributed by atoms with Gasteiger partial charge < -0.3 is 9.64 Å². The summed E-state index contributed by atoms with van der Waals surface area (Å²) in [6.45, 7) is 1.16. The molecule has 1 aliphatic rings. The van der Waals surface area contributed by atoms with Gasteiger partial charge in [0.05, 0.1) is 18.7 Å². The number of benzene rings is 2. The van der Waals surface area contributed by atoms with Gasteiger partial charge >= 0.3 is 0 Å². The number of morpholine rings is 1. The Morgan fingerprint density at radius 3 is 2.76 bits per heavy atom. The number of hydrogen-bond donors (Lipinski definition) is 0. The number of hydrogen-bond acceptors (Lipinski definition) is 3. The summed E-state index contributed by atoms with van der Waals surface area (Å²) in [6, 6.07) is 17.8. The number of halogens is 1. The monoisotopic (exact) mass is 336 g/mol. The third-order valence-electron chi connectivity index (χ3n) is 4.42. The lowest BCUT2D eigenvalue weighted by molar-refractivity contribution is -0.0244. The van der Waals surface area contributed by atoms with Gasteiger partial charge in [0.1, 0.15) is 17.6 Å². The summed E-state index contributed by atoms with van der Waals surface area (Å²) in [5.74, 6) is -0.471. The molecule has 3 aromatic rings. The maximum atomic E-state index is 14.0. The van der Waals surface area contributed by atoms with Gasteiger partial charge in [0.15, 0.2) is 0 Å². The van der Waals surface area contributed by atoms with Gasteiger partial charge in [-0.15, -0.1) is 0 Å². The van der Waals surface area contributed by atoms with E-state index in [1.54, 1.807) is 29.2 Å². The molecular weight excluding hydrogens is 319 g/mol. The van der Waals surface area contributed by atoms with Crippen molar-refractivity contribution in [2.45, 2.75) is 6.10 Å². The first-order valence-electron chi connectivity index (χ1n) is 8.23. The maximum Gasteiger partial charge on any atom is 0.272 e. The van der Waals surface area contributed by atoms with Crippen molar-refractivity contribution >= 4 is 16.8 Å². The van der Waals surface area contributed by atoms with Crippen molar-refractivity contribution < 1.29 is 13.9 Å². The summed E-state index contributed by atoms with van der Waals surface area (Å²) < 4.78 is 19.7. The van der Waals surface area contributed by atoms with E-state index in [1.807, 2.05) is 30.3 Å². The number of fused-ring (bicyclic) bond motifs is 1. The van der Waals surface area contributed by atoms with E-state index in [0.29, 0.717) is 31.0 Å². The minimum Gasteiger partial charge on any atom is -0.370 e. The van der Waals surface area contributed by atoms with Crippen molar-refractivity contribution in [3.63, 3.8) is 0 Å². The number of carbonyl (C=O) groups is 1. The van der Waals surface area contributed by atoms with Gasteiger partial charge in [0.25, 0.3) is 5.91 Å². The number of rotatable bonds is 2. The molecule has 0 unspecified atom stereocenters. The smallest absolute Gasteiger partial charge is 0.272 e. The molecule has 1 fully saturated rings. The molecule has 1 aliphatic heterocycles. The van der Waals surface area contributed by atoms with Gasteiger partial charge in [-0.1, -0.05) is 42.5 Å². The first kappa shape index (κ1) is 15.7. The fraction of sp³-hybridized carbons (Fsp3) is 0.200. The third kappa shape index (κ3) is 3.10. The summed E-state index contributed by atoms with van der Waals surface area (Å²) in [5, 5.41) is 0.991. The molecule has 0 bridgehead atoms. The van der Waals surface area contributed by atoms with Crippen LogP contribution in [0.2, 0.25) is 0 Å². The molecule has 0 radical (unpaired) electrons. The molecule has 1 aromatic heterocycles. The minimum absolute atomic E-state index is 0.157. The summed E-state index contributed by atoms with van der Waals surface area (Å²) in [4.78, 5) is 19.0. The maximum absolute atomic E-state index is 14.0. The Labute approximate surface area is 144 Å². The summed E-state index contributed by atoms with van der Waals surface area (Å²) in [5.41, 5.74) is 1.66. The van der Waals surface area contributed by atoms with Crippen LogP contribution >= 0.6 is 0 Å². The summed E-state index contributed by atoms with van der Waals surface area (Å²) in [6.07, 6.45) is -0.459. The standard InChI is InChI=1S/C20H17FN2O2/c21-16-7-3-2-6-15(16)19-13-23(11-12-25-19)20(24)18-10-9-14-5-1-4-8-17(14)22-18/h1-10,19H,11-13H2/t19-/m1/s1. The molecule has 1 atom stereocenters. The zero-order chi connectivity index (χ0) is 17.2. The van der Waals surface area contributed by atoms with Crippen LogP contribution in [0.1, 0.15) is 22.2 Å². The average molecular weight is 336 g/mol. The minimum atomic E-state index is -0.459. The van der Waals surface area contributed by atoms with Gasteiger partial charge in [-0.25, -0.2) is 9.37 Å². The number of aromatic nitrogens is 1. The van der Waals surface area contributed by atoms with Crippen LogP contribution < -0.4 is 0 Å². The van der Waals surface area contributed by atoms with Gasteiger partial charge in [-0.3, -0.25) is 4.79 Å². The van der Waals surface area contributed by atoms with Crippen LogP contribution in [0.3, 0.4) is 0 Å². The van der Waals surface area contributed by atoms with Crippen LogP contribution in [-0.2, 0) is 4.74 Å². The Morgan fingerprint density at radius 2 is 1.88 bits per heavy atom. The Balaban J connectivity index is 1.58. The van der Waals surface area contributed by atoms with E-state index in [4.69, 9.17) is 4.74 Å². The second-order valence-corrected chi connectivity index (χ2v) is 6.02. The van der Waals surface area contributed by atoms with E-state index in [0.717, 1.165) is 10.9 Å². The molecule has 1 amide bonds. The van der Waals surface area contributed by atoms with Crippen molar-refractivity contribution in [1.82, 2.24) is 9.88 Å². The van der Waals surface area contributed by atoms with E-state index in [-0.39, 0.29) is 11.7 Å². The van der Waals surface area contributed by atoms with Crippen molar-refractivity contribution in [2.24, 2.45) is 0 Å². The number of carbonyl (C=O) groups excluding carboxylic acids is 1. The fourth-order valence-electron chi connectivity index (χ4n) is 3.11. The summed E-state index contributed by atoms with van der Waals surface area (Å²) >= 11 is 0. The Bertz CT molecular complexity index is 928. The van der Waals surface area contributed by atoms with Crippen molar-refractivity contribution in [3.8, 4) is 0 Å². The van der Waals surface area contributed by atoms with E-state index in [9.17, 15) is 9.18 Å². The first-order valence-corrected chi connectivity index (χ1v) is 8.23. The molecule has 1 saturated heterocycles. The second kappa shape index (κ2) is 6.61. The molecule has 2 aromatic carbocycles. The topological polar surface area (TPSA) is 42.4 Å². The molecule has 2 heterocycles. The first-order chi connectivity index (χ1) is 12.2. The van der Waals surface area contributed by atoms with Gasteiger partial charge in [0, 0.05) is 17.5 Å². The van der Waals surface area contributed by atoms with E-state index in [2.05, 4.69) is 4.98 Å². The lowest BCUT2D eigenvalue weighted by Crippen LogP contribution is -2.42. The molecule has 4 nitrogen and oxygen atoms in total. The van der Waals surface area contributed by atoms with Crippen LogP contribution in [0.15, 0.2) is 60.7 Å². The SMILES string of the molecule is O=C(c1ccc2ccccc2n1)N1CCO[C@@H](c2ccccc2F)C1. The Hall–Kier alpha value is -2.79. The predicted molar refractivity (Wildman–Crippen MR) is 92.7 cm³/mol. The predicted octanol–water partition coefficient (Wildman–Crippen LogP) is 3.59. The quantitative estimate of drug-likeness (QED) is 0.718. The van der Waals surface area contributed by atoms with Gasteiger partial charge in [0.2, 0.25) is 0 Å². The highest BCUT2D eigenvalue weighted by atomic mass is 19.1. The lowest BCUT2D eigenvalue weighted by atomic mass is 10.1. The van der Waals surface area contributed by atoms with Crippen LogP contribution in [0.25, 0.3) is 10.9 Å². The second-order valence-electron chi connectivity index (χ2n) is 6.02. The number of ether oxygens (including phenoxy) is 1. The molecule has 5 heteroatoms. The molecule has 0 N–H and O–H groups in total. The Morgan fingerprint density at radius 1 is 1.08 bits per heavy atom. The van der Waals surface area contributed by atoms with Crippen LogP contribution in [0, 0.1) is 5.82 Å². The number of amides is 1. The zero-order valence-electron chi connectivity index (χ0n) is 13.6. The van der Waals surface area contributed by atoms with E-state index < -0.39 is 6.10 Å². The fourth-order valence-corrected chi connectivity index (χ4v) is 3.11. The molecule has 0 spiro atoms. The highest BCUT2D eigenvalue weighted by molar-refractivity contribution is 5.95. The highest BCUT2D eigenvalue weighted by Crippen LogP contribution is 2.25.